The van der Waals surface area contributed by atoms with Crippen LogP contribution in [0, 0.1) is 0 Å². The maximum Gasteiger partial charge on any atom is 0.123 e. The molecule has 0 amide bonds. The molecule has 0 spiro atoms. The summed E-state index contributed by atoms with van der Waals surface area (Å²) in [6.45, 7) is 4.48. The summed E-state index contributed by atoms with van der Waals surface area (Å²) in [7, 11) is 1.72. The first kappa shape index (κ1) is 17.1. The number of halogens is 1. The Morgan fingerprint density at radius 2 is 2.08 bits per heavy atom. The molecule has 0 radical (unpaired) electrons. The molecule has 1 aliphatic heterocycles. The molecule has 2 aromatic carbocycles. The van der Waals surface area contributed by atoms with Gasteiger partial charge in [0.1, 0.15) is 11.5 Å². The summed E-state index contributed by atoms with van der Waals surface area (Å²) < 4.78 is 5.52. The predicted molar refractivity (Wildman–Crippen MR) is 99.4 cm³/mol. The van der Waals surface area contributed by atoms with E-state index in [1.165, 1.54) is 23.1 Å². The van der Waals surface area contributed by atoms with Crippen molar-refractivity contribution in [1.82, 2.24) is 4.90 Å². The molecule has 1 atom stereocenters. The largest absolute Gasteiger partial charge is 0.507 e. The Labute approximate surface area is 149 Å². The van der Waals surface area contributed by atoms with Crippen LogP contribution < -0.4 is 4.74 Å². The van der Waals surface area contributed by atoms with E-state index in [1.54, 1.807) is 13.2 Å². The zero-order chi connectivity index (χ0) is 16.0. The topological polar surface area (TPSA) is 32.7 Å². The Morgan fingerprint density at radius 1 is 1.25 bits per heavy atom. The van der Waals surface area contributed by atoms with Gasteiger partial charge in [-0.25, -0.2) is 0 Å². The fourth-order valence-corrected chi connectivity index (χ4v) is 4.27. The number of aromatic hydroxyl groups is 1. The van der Waals surface area contributed by atoms with Gasteiger partial charge in [0, 0.05) is 18.2 Å². The number of ether oxygens (including phenoxy) is 1. The maximum atomic E-state index is 10.4. The van der Waals surface area contributed by atoms with Gasteiger partial charge in [-0.3, -0.25) is 4.90 Å². The number of rotatable bonds is 3. The van der Waals surface area contributed by atoms with Crippen molar-refractivity contribution in [2.75, 3.05) is 20.2 Å². The number of hydrogen-bond donors (Lipinski definition) is 1. The molecule has 4 heteroatoms. The van der Waals surface area contributed by atoms with Crippen molar-refractivity contribution < 1.29 is 9.84 Å². The quantitative estimate of drug-likeness (QED) is 0.897. The summed E-state index contributed by atoms with van der Waals surface area (Å²) in [5, 5.41) is 10.4. The molecular weight excluding hydrogens is 322 g/mol. The van der Waals surface area contributed by atoms with Crippen molar-refractivity contribution in [3.8, 4) is 22.6 Å². The van der Waals surface area contributed by atoms with Gasteiger partial charge in [0.25, 0.3) is 0 Å². The van der Waals surface area contributed by atoms with Crippen molar-refractivity contribution in [2.24, 2.45) is 0 Å². The molecule has 0 fully saturated rings. The number of phenols is 1. The van der Waals surface area contributed by atoms with Crippen LogP contribution >= 0.6 is 12.4 Å². The molecule has 1 heterocycles. The fraction of sp³-hybridized carbons (Fsp3) is 0.400. The van der Waals surface area contributed by atoms with Crippen LogP contribution in [0.1, 0.15) is 36.1 Å². The molecule has 1 aliphatic carbocycles. The Hall–Kier alpha value is -1.71. The van der Waals surface area contributed by atoms with Crippen molar-refractivity contribution >= 4 is 12.4 Å². The highest BCUT2D eigenvalue weighted by Gasteiger charge is 2.35. The zero-order valence-corrected chi connectivity index (χ0v) is 15.0. The van der Waals surface area contributed by atoms with E-state index in [1.807, 2.05) is 6.07 Å². The van der Waals surface area contributed by atoms with E-state index < -0.39 is 0 Å². The fourth-order valence-electron chi connectivity index (χ4n) is 4.27. The van der Waals surface area contributed by atoms with Gasteiger partial charge in [0.2, 0.25) is 0 Å². The summed E-state index contributed by atoms with van der Waals surface area (Å²) in [5.74, 6) is 1.27. The molecule has 128 valence electrons. The van der Waals surface area contributed by atoms with Gasteiger partial charge in [-0.15, -0.1) is 12.4 Å². The standard InChI is InChI=1S/C20H23NO2.ClH/c1-3-8-21-9-7-14-10-15(23-2)12-16-19(14)17(21)11-13-5-4-6-18(22)20(13)16;/h4-6,10,12,17,22H,3,7-9,11H2,1-2H3;1H/t17-;/m1./s1. The lowest BCUT2D eigenvalue weighted by Gasteiger charge is -2.42. The minimum atomic E-state index is 0. The number of benzene rings is 2. The molecule has 3 nitrogen and oxygen atoms in total. The second-order valence-corrected chi connectivity index (χ2v) is 6.56. The Balaban J connectivity index is 0.00000169. The number of phenolic OH excluding ortho intramolecular Hbond substituents is 1. The minimum Gasteiger partial charge on any atom is -0.507 e. The van der Waals surface area contributed by atoms with Crippen LogP contribution in [0.25, 0.3) is 11.1 Å². The maximum absolute atomic E-state index is 10.4. The Morgan fingerprint density at radius 3 is 2.83 bits per heavy atom. The second kappa shape index (κ2) is 6.66. The monoisotopic (exact) mass is 345 g/mol. The van der Waals surface area contributed by atoms with Gasteiger partial charge in [-0.2, -0.15) is 0 Å². The van der Waals surface area contributed by atoms with Gasteiger partial charge in [0.15, 0.2) is 0 Å². The normalized spacial score (nSPS) is 18.3. The zero-order valence-electron chi connectivity index (χ0n) is 14.2. The van der Waals surface area contributed by atoms with Crippen LogP contribution in [0.3, 0.4) is 0 Å². The Bertz CT molecular complexity index is 760. The summed E-state index contributed by atoms with van der Waals surface area (Å²) in [5.41, 5.74) is 6.18. The van der Waals surface area contributed by atoms with Gasteiger partial charge in [0.05, 0.1) is 7.11 Å². The van der Waals surface area contributed by atoms with Crippen molar-refractivity contribution in [3.05, 3.63) is 47.0 Å². The molecule has 4 rings (SSSR count). The summed E-state index contributed by atoms with van der Waals surface area (Å²) in [6, 6.07) is 10.6. The first-order valence-corrected chi connectivity index (χ1v) is 8.49. The van der Waals surface area contributed by atoms with Crippen LogP contribution in [0.15, 0.2) is 30.3 Å². The molecule has 2 aliphatic rings. The molecule has 0 bridgehead atoms. The smallest absolute Gasteiger partial charge is 0.123 e. The molecule has 1 N–H and O–H groups in total. The third kappa shape index (κ3) is 2.56. The van der Waals surface area contributed by atoms with Crippen molar-refractivity contribution in [3.63, 3.8) is 0 Å². The lowest BCUT2D eigenvalue weighted by atomic mass is 9.76. The molecule has 0 unspecified atom stereocenters. The SMILES string of the molecule is CCCN1CCc2cc(OC)cc3c2[C@H]1Cc1cccc(O)c1-3.Cl. The lowest BCUT2D eigenvalue weighted by Crippen LogP contribution is -2.38. The summed E-state index contributed by atoms with van der Waals surface area (Å²) >= 11 is 0. The second-order valence-electron chi connectivity index (χ2n) is 6.56. The number of fused-ring (bicyclic) bond motifs is 2. The highest BCUT2D eigenvalue weighted by Crippen LogP contribution is 2.49. The third-order valence-corrected chi connectivity index (χ3v) is 5.24. The number of hydrogen-bond acceptors (Lipinski definition) is 3. The summed E-state index contributed by atoms with van der Waals surface area (Å²) in [4.78, 5) is 2.60. The molecule has 0 saturated heterocycles. The molecule has 24 heavy (non-hydrogen) atoms. The third-order valence-electron chi connectivity index (χ3n) is 5.24. The van der Waals surface area contributed by atoms with Crippen LogP contribution in [0.5, 0.6) is 11.5 Å². The van der Waals surface area contributed by atoms with Gasteiger partial charge >= 0.3 is 0 Å². The molecule has 0 saturated carbocycles. The van der Waals surface area contributed by atoms with Crippen LogP contribution in [-0.2, 0) is 12.8 Å². The lowest BCUT2D eigenvalue weighted by molar-refractivity contribution is 0.182. The highest BCUT2D eigenvalue weighted by atomic mass is 35.5. The first-order valence-electron chi connectivity index (χ1n) is 8.49. The van der Waals surface area contributed by atoms with Crippen LogP contribution in [-0.4, -0.2) is 30.2 Å². The van der Waals surface area contributed by atoms with Crippen molar-refractivity contribution in [1.29, 1.82) is 0 Å². The minimum absolute atomic E-state index is 0. The van der Waals surface area contributed by atoms with E-state index in [2.05, 4.69) is 30.0 Å². The van der Waals surface area contributed by atoms with E-state index >= 15 is 0 Å². The number of nitrogens with zero attached hydrogens (tertiary/aromatic N) is 1. The molecule has 2 aromatic rings. The van der Waals surface area contributed by atoms with Gasteiger partial charge < -0.3 is 9.84 Å². The number of methoxy groups -OCH3 is 1. The van der Waals surface area contributed by atoms with E-state index in [0.717, 1.165) is 42.8 Å². The summed E-state index contributed by atoms with van der Waals surface area (Å²) in [6.07, 6.45) is 3.21. The van der Waals surface area contributed by atoms with Gasteiger partial charge in [-0.1, -0.05) is 19.1 Å². The molecular formula is C20H24ClNO2. The first-order chi connectivity index (χ1) is 11.2. The van der Waals surface area contributed by atoms with Gasteiger partial charge in [-0.05, 0) is 66.3 Å². The van der Waals surface area contributed by atoms with E-state index in [4.69, 9.17) is 4.74 Å². The van der Waals surface area contributed by atoms with E-state index in [-0.39, 0.29) is 12.4 Å². The Kier molecular flexibility index (Phi) is 4.75. The average Bonchev–Trinajstić information content (AvgIpc) is 2.57. The average molecular weight is 346 g/mol. The van der Waals surface area contributed by atoms with Crippen LogP contribution in [0.4, 0.5) is 0 Å². The van der Waals surface area contributed by atoms with E-state index in [9.17, 15) is 5.11 Å². The molecule has 0 aromatic heterocycles. The predicted octanol–water partition coefficient (Wildman–Crippen LogP) is 4.35. The van der Waals surface area contributed by atoms with E-state index in [0.29, 0.717) is 11.8 Å². The van der Waals surface area contributed by atoms with Crippen LogP contribution in [0.2, 0.25) is 0 Å². The van der Waals surface area contributed by atoms with Crippen molar-refractivity contribution in [2.45, 2.75) is 32.2 Å². The highest BCUT2D eigenvalue weighted by molar-refractivity contribution is 5.85.